The van der Waals surface area contributed by atoms with Crippen LogP contribution in [0.15, 0.2) is 47.5 Å². The quantitative estimate of drug-likeness (QED) is 0.723. The van der Waals surface area contributed by atoms with Gasteiger partial charge in [-0.1, -0.05) is 23.2 Å². The largest absolute Gasteiger partial charge is 0.435 e. The van der Waals surface area contributed by atoms with Crippen LogP contribution in [-0.2, 0) is 6.18 Å². The highest BCUT2D eigenvalue weighted by Crippen LogP contribution is 2.34. The summed E-state index contributed by atoms with van der Waals surface area (Å²) >= 11 is 11.6. The molecule has 3 aromatic rings. The molecule has 0 aliphatic carbocycles. The van der Waals surface area contributed by atoms with Crippen molar-refractivity contribution in [3.05, 3.63) is 68.8 Å². The first-order chi connectivity index (χ1) is 11.7. The highest BCUT2D eigenvalue weighted by Gasteiger charge is 2.38. The molecule has 5 nitrogen and oxygen atoms in total. The van der Waals surface area contributed by atoms with E-state index >= 15 is 0 Å². The summed E-state index contributed by atoms with van der Waals surface area (Å²) < 4.78 is 41.2. The van der Waals surface area contributed by atoms with Crippen molar-refractivity contribution in [1.29, 1.82) is 0 Å². The summed E-state index contributed by atoms with van der Waals surface area (Å²) in [6.07, 6.45) is -2.31. The van der Waals surface area contributed by atoms with Crippen LogP contribution >= 0.6 is 23.2 Å². The van der Waals surface area contributed by atoms with Gasteiger partial charge in [-0.05, 0) is 30.3 Å². The minimum absolute atomic E-state index is 0.112. The lowest BCUT2D eigenvalue weighted by Gasteiger charge is -2.12. The van der Waals surface area contributed by atoms with Crippen LogP contribution in [0.1, 0.15) is 5.69 Å². The van der Waals surface area contributed by atoms with Gasteiger partial charge in [-0.3, -0.25) is 9.36 Å². The number of anilines is 1. The zero-order valence-corrected chi connectivity index (χ0v) is 13.8. The molecule has 0 radical (unpaired) electrons. The van der Waals surface area contributed by atoms with Gasteiger partial charge in [0.15, 0.2) is 5.69 Å². The van der Waals surface area contributed by atoms with Crippen molar-refractivity contribution in [2.24, 2.45) is 0 Å². The van der Waals surface area contributed by atoms with E-state index in [2.05, 4.69) is 5.10 Å². The van der Waals surface area contributed by atoms with Crippen LogP contribution in [0.25, 0.3) is 11.4 Å². The molecule has 0 fully saturated rings. The summed E-state index contributed by atoms with van der Waals surface area (Å²) in [7, 11) is 0. The Morgan fingerprint density at radius 3 is 2.24 bits per heavy atom. The second-order valence-electron chi connectivity index (χ2n) is 5.03. The minimum atomic E-state index is -4.65. The predicted octanol–water partition coefficient (Wildman–Crippen LogP) is 3.93. The molecular formula is C15H9Cl2F3N4O. The van der Waals surface area contributed by atoms with Gasteiger partial charge in [0, 0.05) is 11.9 Å². The Balaban J connectivity index is 2.06. The monoisotopic (exact) mass is 388 g/mol. The SMILES string of the molecule is Nc1cnn(-c2ccc(-n3ccc(Cl)c(Cl)c3=O)cc2)c1C(F)(F)F. The van der Waals surface area contributed by atoms with Crippen molar-refractivity contribution in [2.45, 2.75) is 6.18 Å². The summed E-state index contributed by atoms with van der Waals surface area (Å²) in [6, 6.07) is 7.12. The summed E-state index contributed by atoms with van der Waals surface area (Å²) in [6.45, 7) is 0. The van der Waals surface area contributed by atoms with Crippen molar-refractivity contribution in [2.75, 3.05) is 5.73 Å². The number of rotatable bonds is 2. The molecule has 3 rings (SSSR count). The molecule has 0 saturated carbocycles. The second kappa shape index (κ2) is 6.12. The molecule has 0 spiro atoms. The van der Waals surface area contributed by atoms with Crippen LogP contribution in [0.5, 0.6) is 0 Å². The van der Waals surface area contributed by atoms with Crippen molar-refractivity contribution >= 4 is 28.9 Å². The van der Waals surface area contributed by atoms with E-state index in [0.29, 0.717) is 10.4 Å². The zero-order valence-electron chi connectivity index (χ0n) is 12.3. The average molecular weight is 389 g/mol. The molecule has 0 aliphatic heterocycles. The highest BCUT2D eigenvalue weighted by atomic mass is 35.5. The van der Waals surface area contributed by atoms with Gasteiger partial charge in [-0.2, -0.15) is 18.3 Å². The van der Waals surface area contributed by atoms with Crippen LogP contribution in [0.2, 0.25) is 10.0 Å². The highest BCUT2D eigenvalue weighted by molar-refractivity contribution is 6.41. The van der Waals surface area contributed by atoms with Crippen LogP contribution in [-0.4, -0.2) is 14.3 Å². The van der Waals surface area contributed by atoms with E-state index in [-0.39, 0.29) is 15.7 Å². The lowest BCUT2D eigenvalue weighted by Crippen LogP contribution is -2.18. The van der Waals surface area contributed by atoms with E-state index in [1.54, 1.807) is 0 Å². The molecular weight excluding hydrogens is 380 g/mol. The lowest BCUT2D eigenvalue weighted by molar-refractivity contribution is -0.142. The zero-order chi connectivity index (χ0) is 18.4. The third-order valence-electron chi connectivity index (χ3n) is 3.42. The summed E-state index contributed by atoms with van der Waals surface area (Å²) in [5.41, 5.74) is 3.83. The van der Waals surface area contributed by atoms with Crippen LogP contribution in [0.4, 0.5) is 18.9 Å². The van der Waals surface area contributed by atoms with Gasteiger partial charge in [-0.25, -0.2) is 4.68 Å². The number of nitrogen functional groups attached to an aromatic ring is 1. The number of halogens is 5. The first kappa shape index (κ1) is 17.4. The molecule has 2 N–H and O–H groups in total. The first-order valence-corrected chi connectivity index (χ1v) is 7.54. The first-order valence-electron chi connectivity index (χ1n) is 6.78. The maximum atomic E-state index is 13.1. The van der Waals surface area contributed by atoms with Crippen molar-refractivity contribution in [3.8, 4) is 11.4 Å². The number of pyridine rings is 1. The number of aromatic nitrogens is 3. The Hall–Kier alpha value is -2.45. The molecule has 130 valence electrons. The minimum Gasteiger partial charge on any atom is -0.396 e. The molecule has 10 heteroatoms. The van der Waals surface area contributed by atoms with Crippen LogP contribution in [0.3, 0.4) is 0 Å². The number of benzene rings is 1. The Labute approximate surface area is 149 Å². The van der Waals surface area contributed by atoms with Crippen molar-refractivity contribution < 1.29 is 13.2 Å². The summed E-state index contributed by atoms with van der Waals surface area (Å²) in [5.74, 6) is 0. The topological polar surface area (TPSA) is 65.8 Å². The second-order valence-corrected chi connectivity index (χ2v) is 5.81. The van der Waals surface area contributed by atoms with Crippen LogP contribution < -0.4 is 11.3 Å². The molecule has 0 saturated heterocycles. The molecule has 0 amide bonds. The molecule has 2 aromatic heterocycles. The van der Waals surface area contributed by atoms with E-state index in [0.717, 1.165) is 6.20 Å². The van der Waals surface area contributed by atoms with E-state index in [1.165, 1.54) is 41.1 Å². The smallest absolute Gasteiger partial charge is 0.396 e. The van der Waals surface area contributed by atoms with Gasteiger partial charge in [0.2, 0.25) is 0 Å². The third-order valence-corrected chi connectivity index (χ3v) is 4.20. The van der Waals surface area contributed by atoms with Gasteiger partial charge in [0.05, 0.1) is 22.6 Å². The maximum Gasteiger partial charge on any atom is 0.435 e. The van der Waals surface area contributed by atoms with Gasteiger partial charge >= 0.3 is 6.18 Å². The fourth-order valence-electron chi connectivity index (χ4n) is 2.29. The predicted molar refractivity (Wildman–Crippen MR) is 88.6 cm³/mol. The van der Waals surface area contributed by atoms with E-state index in [4.69, 9.17) is 28.9 Å². The average Bonchev–Trinajstić information content (AvgIpc) is 2.95. The lowest BCUT2D eigenvalue weighted by atomic mass is 10.2. The van der Waals surface area contributed by atoms with E-state index in [9.17, 15) is 18.0 Å². The fraction of sp³-hybridized carbons (Fsp3) is 0.0667. The number of nitrogens with two attached hydrogens (primary N) is 1. The summed E-state index contributed by atoms with van der Waals surface area (Å²) in [4.78, 5) is 12.1. The molecule has 1 aromatic carbocycles. The number of nitrogens with zero attached hydrogens (tertiary/aromatic N) is 3. The molecule has 0 aliphatic rings. The standard InChI is InChI=1S/C15H9Cl2F3N4O/c16-10-5-6-23(14(25)12(10)17)8-1-3-9(4-2-8)24-13(15(18,19)20)11(21)7-22-24/h1-7H,21H2. The van der Waals surface area contributed by atoms with Gasteiger partial charge < -0.3 is 5.73 Å². The third kappa shape index (κ3) is 3.10. The van der Waals surface area contributed by atoms with Crippen molar-refractivity contribution in [1.82, 2.24) is 14.3 Å². The Kier molecular flexibility index (Phi) is 4.26. The van der Waals surface area contributed by atoms with E-state index < -0.39 is 23.1 Å². The number of alkyl halides is 3. The Morgan fingerprint density at radius 1 is 1.04 bits per heavy atom. The van der Waals surface area contributed by atoms with Crippen LogP contribution in [0, 0.1) is 0 Å². The van der Waals surface area contributed by atoms with Gasteiger partial charge in [-0.15, -0.1) is 0 Å². The normalized spacial score (nSPS) is 11.7. The molecule has 0 atom stereocenters. The fourth-order valence-corrected chi connectivity index (χ4v) is 2.58. The molecule has 0 bridgehead atoms. The number of hydrogen-bond acceptors (Lipinski definition) is 3. The molecule has 2 heterocycles. The molecule has 0 unspecified atom stereocenters. The number of hydrogen-bond donors (Lipinski definition) is 1. The van der Waals surface area contributed by atoms with Gasteiger partial charge in [0.1, 0.15) is 5.02 Å². The van der Waals surface area contributed by atoms with E-state index in [1.807, 2.05) is 0 Å². The van der Waals surface area contributed by atoms with Crippen molar-refractivity contribution in [3.63, 3.8) is 0 Å². The Bertz CT molecular complexity index is 993. The molecule has 25 heavy (non-hydrogen) atoms. The van der Waals surface area contributed by atoms with Gasteiger partial charge in [0.25, 0.3) is 5.56 Å². The Morgan fingerprint density at radius 2 is 1.64 bits per heavy atom. The summed E-state index contributed by atoms with van der Waals surface area (Å²) in [5, 5.41) is 3.63. The maximum absolute atomic E-state index is 13.1.